The minimum atomic E-state index is -3.61. The van der Waals surface area contributed by atoms with Crippen molar-refractivity contribution in [2.45, 2.75) is 30.7 Å². The summed E-state index contributed by atoms with van der Waals surface area (Å²) in [5, 5.41) is 9.43. The van der Waals surface area contributed by atoms with Crippen LogP contribution in [0.25, 0.3) is 0 Å². The molecule has 0 heterocycles. The van der Waals surface area contributed by atoms with Crippen molar-refractivity contribution in [2.24, 2.45) is 0 Å². The van der Waals surface area contributed by atoms with E-state index in [-0.39, 0.29) is 11.5 Å². The summed E-state index contributed by atoms with van der Waals surface area (Å²) in [5.74, 6) is 0. The second-order valence-electron chi connectivity index (χ2n) is 3.75. The van der Waals surface area contributed by atoms with Crippen molar-refractivity contribution in [3.05, 3.63) is 29.3 Å². The molecule has 0 aliphatic heterocycles. The highest BCUT2D eigenvalue weighted by atomic mass is 35.5. The smallest absolute Gasteiger partial charge is 0.240 e. The van der Waals surface area contributed by atoms with Gasteiger partial charge in [-0.05, 0) is 24.6 Å². The lowest BCUT2D eigenvalue weighted by Gasteiger charge is -2.15. The van der Waals surface area contributed by atoms with E-state index in [2.05, 4.69) is 4.72 Å². The van der Waals surface area contributed by atoms with Crippen LogP contribution in [0.2, 0.25) is 5.02 Å². The number of aliphatic hydroxyl groups excluding tert-OH is 1. The summed E-state index contributed by atoms with van der Waals surface area (Å²) >= 11 is 5.74. The van der Waals surface area contributed by atoms with E-state index in [4.69, 9.17) is 16.7 Å². The maximum atomic E-state index is 11.9. The highest BCUT2D eigenvalue weighted by molar-refractivity contribution is 7.89. The van der Waals surface area contributed by atoms with Gasteiger partial charge in [-0.3, -0.25) is 0 Å². The van der Waals surface area contributed by atoms with Crippen molar-refractivity contribution < 1.29 is 13.5 Å². The topological polar surface area (TPSA) is 66.4 Å². The highest BCUT2D eigenvalue weighted by Gasteiger charge is 2.19. The number of nitrogens with one attached hydrogen (secondary N) is 1. The maximum absolute atomic E-state index is 11.9. The Bertz CT molecular complexity index is 462. The summed E-state index contributed by atoms with van der Waals surface area (Å²) in [5.41, 5.74) is 0. The molecule has 0 aliphatic rings. The molecule has 1 unspecified atom stereocenters. The molecule has 0 saturated heterocycles. The van der Waals surface area contributed by atoms with Crippen LogP contribution >= 0.6 is 11.6 Å². The number of benzene rings is 1. The Morgan fingerprint density at radius 3 is 2.71 bits per heavy atom. The molecule has 6 heteroatoms. The van der Waals surface area contributed by atoms with Gasteiger partial charge in [-0.1, -0.05) is 31.0 Å². The van der Waals surface area contributed by atoms with E-state index in [0.29, 0.717) is 11.4 Å². The van der Waals surface area contributed by atoms with E-state index >= 15 is 0 Å². The average Bonchev–Trinajstić information content (AvgIpc) is 2.28. The zero-order valence-corrected chi connectivity index (χ0v) is 11.1. The first kappa shape index (κ1) is 14.4. The summed E-state index contributed by atoms with van der Waals surface area (Å²) < 4.78 is 26.3. The van der Waals surface area contributed by atoms with Crippen LogP contribution in [-0.2, 0) is 10.0 Å². The lowest BCUT2D eigenvalue weighted by atomic mass is 10.2. The van der Waals surface area contributed by atoms with Crippen LogP contribution in [-0.4, -0.2) is 26.2 Å². The molecule has 96 valence electrons. The first-order valence-corrected chi connectivity index (χ1v) is 7.24. The van der Waals surface area contributed by atoms with Crippen molar-refractivity contribution >= 4 is 21.6 Å². The van der Waals surface area contributed by atoms with Crippen LogP contribution in [0.5, 0.6) is 0 Å². The Morgan fingerprint density at radius 1 is 1.47 bits per heavy atom. The summed E-state index contributed by atoms with van der Waals surface area (Å²) in [6, 6.07) is 5.57. The Morgan fingerprint density at radius 2 is 2.18 bits per heavy atom. The Balaban J connectivity index is 2.88. The van der Waals surface area contributed by atoms with E-state index in [1.165, 1.54) is 12.1 Å². The second kappa shape index (κ2) is 6.35. The van der Waals surface area contributed by atoms with Crippen LogP contribution in [0, 0.1) is 0 Å². The van der Waals surface area contributed by atoms with Crippen molar-refractivity contribution in [1.82, 2.24) is 4.72 Å². The van der Waals surface area contributed by atoms with Gasteiger partial charge in [0.1, 0.15) is 0 Å². The second-order valence-corrected chi connectivity index (χ2v) is 5.90. The van der Waals surface area contributed by atoms with Gasteiger partial charge in [0.05, 0.1) is 11.5 Å². The Labute approximate surface area is 107 Å². The molecular weight excluding hydrogens is 262 g/mol. The van der Waals surface area contributed by atoms with Gasteiger partial charge < -0.3 is 5.11 Å². The molecule has 0 aromatic heterocycles. The van der Waals surface area contributed by atoms with Gasteiger partial charge in [-0.25, -0.2) is 13.1 Å². The van der Waals surface area contributed by atoms with Crippen molar-refractivity contribution in [2.75, 3.05) is 6.61 Å². The molecule has 0 fully saturated rings. The van der Waals surface area contributed by atoms with Crippen LogP contribution in [0.4, 0.5) is 0 Å². The molecule has 0 radical (unpaired) electrons. The largest absolute Gasteiger partial charge is 0.395 e. The van der Waals surface area contributed by atoms with Gasteiger partial charge in [-0.15, -0.1) is 0 Å². The molecule has 1 aromatic rings. The molecule has 1 rings (SSSR count). The molecule has 0 bridgehead atoms. The van der Waals surface area contributed by atoms with Crippen LogP contribution in [0.1, 0.15) is 19.8 Å². The fraction of sp³-hybridized carbons (Fsp3) is 0.455. The van der Waals surface area contributed by atoms with Crippen molar-refractivity contribution in [1.29, 1.82) is 0 Å². The minimum absolute atomic E-state index is 0.111. The van der Waals surface area contributed by atoms with Gasteiger partial charge in [0.15, 0.2) is 0 Å². The van der Waals surface area contributed by atoms with E-state index in [9.17, 15) is 8.42 Å². The van der Waals surface area contributed by atoms with Gasteiger partial charge in [0, 0.05) is 11.1 Å². The average molecular weight is 278 g/mol. The number of rotatable bonds is 6. The first-order chi connectivity index (χ1) is 7.99. The molecule has 0 saturated carbocycles. The predicted octanol–water partition coefficient (Wildman–Crippen LogP) is 1.78. The summed E-state index contributed by atoms with van der Waals surface area (Å²) in [7, 11) is -3.61. The number of sulfonamides is 1. The molecule has 2 N–H and O–H groups in total. The lowest BCUT2D eigenvalue weighted by molar-refractivity contribution is 0.250. The van der Waals surface area contributed by atoms with Gasteiger partial charge in [0.2, 0.25) is 10.0 Å². The van der Waals surface area contributed by atoms with Gasteiger partial charge in [0.25, 0.3) is 0 Å². The summed E-state index contributed by atoms with van der Waals surface area (Å²) in [6.07, 6.45) is 1.39. The number of aliphatic hydroxyl groups is 1. The number of hydrogen-bond acceptors (Lipinski definition) is 3. The van der Waals surface area contributed by atoms with Crippen molar-refractivity contribution in [3.8, 4) is 0 Å². The molecule has 1 aromatic carbocycles. The third kappa shape index (κ3) is 4.27. The molecule has 4 nitrogen and oxygen atoms in total. The maximum Gasteiger partial charge on any atom is 0.240 e. The van der Waals surface area contributed by atoms with Gasteiger partial charge >= 0.3 is 0 Å². The summed E-state index contributed by atoms with van der Waals surface area (Å²) in [6.45, 7) is 1.71. The monoisotopic (exact) mass is 277 g/mol. The van der Waals surface area contributed by atoms with Crippen LogP contribution < -0.4 is 4.72 Å². The van der Waals surface area contributed by atoms with Crippen molar-refractivity contribution in [3.63, 3.8) is 0 Å². The first-order valence-electron chi connectivity index (χ1n) is 5.38. The quantitative estimate of drug-likeness (QED) is 0.833. The Kier molecular flexibility index (Phi) is 5.39. The molecule has 0 spiro atoms. The van der Waals surface area contributed by atoms with Gasteiger partial charge in [-0.2, -0.15) is 0 Å². The minimum Gasteiger partial charge on any atom is -0.395 e. The fourth-order valence-electron chi connectivity index (χ4n) is 1.46. The van der Waals surface area contributed by atoms with E-state index in [0.717, 1.165) is 6.42 Å². The van der Waals surface area contributed by atoms with E-state index in [1.807, 2.05) is 6.92 Å². The predicted molar refractivity (Wildman–Crippen MR) is 67.6 cm³/mol. The van der Waals surface area contributed by atoms with E-state index in [1.54, 1.807) is 12.1 Å². The molecule has 0 aliphatic carbocycles. The Hall–Kier alpha value is -0.620. The fourth-order valence-corrected chi connectivity index (χ4v) is 3.02. The molecule has 17 heavy (non-hydrogen) atoms. The third-order valence-corrected chi connectivity index (χ3v) is 4.04. The molecule has 1 atom stereocenters. The molecule has 0 amide bonds. The zero-order valence-electron chi connectivity index (χ0n) is 9.56. The lowest BCUT2D eigenvalue weighted by Crippen LogP contribution is -2.37. The summed E-state index contributed by atoms with van der Waals surface area (Å²) in [4.78, 5) is 0.111. The SMILES string of the molecule is CCCC(CO)NS(=O)(=O)c1cccc(Cl)c1. The van der Waals surface area contributed by atoms with Crippen LogP contribution in [0.3, 0.4) is 0 Å². The zero-order chi connectivity index (χ0) is 12.9. The third-order valence-electron chi connectivity index (χ3n) is 2.29. The highest BCUT2D eigenvalue weighted by Crippen LogP contribution is 2.16. The van der Waals surface area contributed by atoms with E-state index < -0.39 is 16.1 Å². The number of halogens is 1. The standard InChI is InChI=1S/C11H16ClNO3S/c1-2-4-10(8-14)13-17(15,16)11-6-3-5-9(12)7-11/h3,5-7,10,13-14H,2,4,8H2,1H3. The molecular formula is C11H16ClNO3S. The normalized spacial score (nSPS) is 13.6. The van der Waals surface area contributed by atoms with Crippen LogP contribution in [0.15, 0.2) is 29.2 Å². The number of hydrogen-bond donors (Lipinski definition) is 2.